The zero-order valence-corrected chi connectivity index (χ0v) is 10.5. The maximum atomic E-state index is 10.1. The molecule has 2 rings (SSSR count). The molecule has 0 aromatic heterocycles. The highest BCUT2D eigenvalue weighted by atomic mass is 79.9. The predicted molar refractivity (Wildman–Crippen MR) is 63.2 cm³/mol. The number of halogens is 1. The summed E-state index contributed by atoms with van der Waals surface area (Å²) >= 11 is 3.46. The van der Waals surface area contributed by atoms with Crippen molar-refractivity contribution in [2.24, 2.45) is 0 Å². The smallest absolute Gasteiger partial charge is 0.129 e. The number of aliphatic hydroxyl groups is 1. The molecule has 0 amide bonds. The lowest BCUT2D eigenvalue weighted by molar-refractivity contribution is 0.0612. The summed E-state index contributed by atoms with van der Waals surface area (Å²) in [7, 11) is 0. The van der Waals surface area contributed by atoms with Crippen LogP contribution in [0.5, 0.6) is 5.75 Å². The summed E-state index contributed by atoms with van der Waals surface area (Å²) in [4.78, 5) is 0. The molecule has 0 spiro atoms. The van der Waals surface area contributed by atoms with Crippen LogP contribution >= 0.6 is 15.9 Å². The molecule has 1 heterocycles. The van der Waals surface area contributed by atoms with Gasteiger partial charge in [0.25, 0.3) is 0 Å². The van der Waals surface area contributed by atoms with Gasteiger partial charge in [0.05, 0.1) is 0 Å². The van der Waals surface area contributed by atoms with E-state index in [1.165, 1.54) is 0 Å². The molecule has 2 atom stereocenters. The van der Waals surface area contributed by atoms with E-state index in [0.29, 0.717) is 0 Å². The van der Waals surface area contributed by atoms with Gasteiger partial charge in [-0.3, -0.25) is 0 Å². The molecule has 0 fully saturated rings. The van der Waals surface area contributed by atoms with E-state index in [-0.39, 0.29) is 6.10 Å². The number of fused-ring (bicyclic) bond motifs is 1. The summed E-state index contributed by atoms with van der Waals surface area (Å²) in [6.07, 6.45) is 1.34. The normalized spacial score (nSPS) is 23.7. The molecule has 0 saturated carbocycles. The molecule has 15 heavy (non-hydrogen) atoms. The Bertz CT molecular complexity index is 376. The minimum atomic E-state index is -0.491. The van der Waals surface area contributed by atoms with E-state index < -0.39 is 6.10 Å². The summed E-state index contributed by atoms with van der Waals surface area (Å²) in [5, 5.41) is 10.1. The standard InChI is InChI=1S/C12H15BrO2/c1-3-4-9-11(14)10-8(13)6-5-7(2)12(10)15-9/h5-6,9,11,14H,3-4H2,1-2H3. The van der Waals surface area contributed by atoms with Crippen molar-refractivity contribution in [1.29, 1.82) is 0 Å². The molecule has 0 bridgehead atoms. The lowest BCUT2D eigenvalue weighted by Gasteiger charge is -2.13. The van der Waals surface area contributed by atoms with E-state index in [2.05, 4.69) is 22.9 Å². The fourth-order valence-electron chi connectivity index (χ4n) is 2.02. The summed E-state index contributed by atoms with van der Waals surface area (Å²) in [6, 6.07) is 3.97. The van der Waals surface area contributed by atoms with Gasteiger partial charge in [0.1, 0.15) is 18.0 Å². The van der Waals surface area contributed by atoms with Crippen LogP contribution in [0.1, 0.15) is 37.0 Å². The maximum absolute atomic E-state index is 10.1. The largest absolute Gasteiger partial charge is 0.487 e. The molecule has 0 saturated heterocycles. The van der Waals surface area contributed by atoms with Crippen LogP contribution in [0.4, 0.5) is 0 Å². The van der Waals surface area contributed by atoms with Crippen molar-refractivity contribution < 1.29 is 9.84 Å². The molecule has 1 aromatic rings. The Balaban J connectivity index is 2.40. The first kappa shape index (κ1) is 11.0. The third-order valence-electron chi connectivity index (χ3n) is 2.83. The number of aryl methyl sites for hydroxylation is 1. The van der Waals surface area contributed by atoms with Crippen LogP contribution in [-0.2, 0) is 0 Å². The molecule has 2 nitrogen and oxygen atoms in total. The second kappa shape index (κ2) is 4.14. The van der Waals surface area contributed by atoms with Crippen molar-refractivity contribution >= 4 is 15.9 Å². The molecule has 2 unspecified atom stereocenters. The zero-order chi connectivity index (χ0) is 11.0. The molecule has 0 radical (unpaired) electrons. The third kappa shape index (κ3) is 1.79. The summed E-state index contributed by atoms with van der Waals surface area (Å²) in [5.41, 5.74) is 2.00. The fourth-order valence-corrected chi connectivity index (χ4v) is 2.57. The van der Waals surface area contributed by atoms with Gasteiger partial charge in [0.2, 0.25) is 0 Å². The van der Waals surface area contributed by atoms with Gasteiger partial charge < -0.3 is 9.84 Å². The summed E-state index contributed by atoms with van der Waals surface area (Å²) in [5.74, 6) is 0.857. The third-order valence-corrected chi connectivity index (χ3v) is 3.52. The van der Waals surface area contributed by atoms with Gasteiger partial charge >= 0.3 is 0 Å². The van der Waals surface area contributed by atoms with Gasteiger partial charge in [-0.15, -0.1) is 0 Å². The lowest BCUT2D eigenvalue weighted by Crippen LogP contribution is -2.17. The minimum Gasteiger partial charge on any atom is -0.487 e. The van der Waals surface area contributed by atoms with Gasteiger partial charge in [0, 0.05) is 10.0 Å². The Labute approximate surface area is 98.4 Å². The summed E-state index contributed by atoms with van der Waals surface area (Å²) < 4.78 is 6.73. The topological polar surface area (TPSA) is 29.5 Å². The van der Waals surface area contributed by atoms with Crippen LogP contribution in [-0.4, -0.2) is 11.2 Å². The number of benzene rings is 1. The molecule has 0 aliphatic carbocycles. The Morgan fingerprint density at radius 1 is 1.47 bits per heavy atom. The molecular formula is C12H15BrO2. The number of rotatable bonds is 2. The van der Waals surface area contributed by atoms with Crippen LogP contribution in [0.25, 0.3) is 0 Å². The Morgan fingerprint density at radius 3 is 2.80 bits per heavy atom. The van der Waals surface area contributed by atoms with E-state index in [1.54, 1.807) is 0 Å². The molecule has 82 valence electrons. The Morgan fingerprint density at radius 2 is 2.20 bits per heavy atom. The molecule has 1 aliphatic heterocycles. The van der Waals surface area contributed by atoms with Crippen LogP contribution in [0.15, 0.2) is 16.6 Å². The molecule has 1 aliphatic rings. The first-order valence-electron chi connectivity index (χ1n) is 5.29. The number of hydrogen-bond donors (Lipinski definition) is 1. The van der Waals surface area contributed by atoms with Gasteiger partial charge in [-0.1, -0.05) is 35.3 Å². The van der Waals surface area contributed by atoms with Crippen molar-refractivity contribution in [2.45, 2.75) is 38.9 Å². The number of hydrogen-bond acceptors (Lipinski definition) is 2. The van der Waals surface area contributed by atoms with Crippen molar-refractivity contribution in [1.82, 2.24) is 0 Å². The highest BCUT2D eigenvalue weighted by Gasteiger charge is 2.34. The molecule has 1 aromatic carbocycles. The average molecular weight is 271 g/mol. The summed E-state index contributed by atoms with van der Waals surface area (Å²) in [6.45, 7) is 4.10. The van der Waals surface area contributed by atoms with Gasteiger partial charge in [-0.05, 0) is 25.0 Å². The molecule has 1 N–H and O–H groups in total. The number of ether oxygens (including phenoxy) is 1. The van der Waals surface area contributed by atoms with Crippen LogP contribution in [0, 0.1) is 6.92 Å². The van der Waals surface area contributed by atoms with Gasteiger partial charge in [-0.25, -0.2) is 0 Å². The second-order valence-electron chi connectivity index (χ2n) is 4.00. The van der Waals surface area contributed by atoms with Gasteiger partial charge in [-0.2, -0.15) is 0 Å². The van der Waals surface area contributed by atoms with E-state index in [9.17, 15) is 5.11 Å². The zero-order valence-electron chi connectivity index (χ0n) is 8.96. The maximum Gasteiger partial charge on any atom is 0.129 e. The lowest BCUT2D eigenvalue weighted by atomic mass is 10.0. The Hall–Kier alpha value is -0.540. The minimum absolute atomic E-state index is 0.0811. The first-order chi connectivity index (χ1) is 7.15. The van der Waals surface area contributed by atoms with E-state index >= 15 is 0 Å². The van der Waals surface area contributed by atoms with Crippen LogP contribution in [0.2, 0.25) is 0 Å². The average Bonchev–Trinajstić information content (AvgIpc) is 2.53. The van der Waals surface area contributed by atoms with Crippen LogP contribution in [0.3, 0.4) is 0 Å². The monoisotopic (exact) mass is 270 g/mol. The van der Waals surface area contributed by atoms with Crippen molar-refractivity contribution in [3.8, 4) is 5.75 Å². The van der Waals surface area contributed by atoms with E-state index in [4.69, 9.17) is 4.74 Å². The first-order valence-corrected chi connectivity index (χ1v) is 6.08. The molecule has 3 heteroatoms. The Kier molecular flexibility index (Phi) is 3.03. The second-order valence-corrected chi connectivity index (χ2v) is 4.85. The van der Waals surface area contributed by atoms with Crippen LogP contribution < -0.4 is 4.74 Å². The SMILES string of the molecule is CCCC1Oc2c(C)ccc(Br)c2C1O. The van der Waals surface area contributed by atoms with Gasteiger partial charge in [0.15, 0.2) is 0 Å². The van der Waals surface area contributed by atoms with E-state index in [1.807, 2.05) is 19.1 Å². The molecular weight excluding hydrogens is 256 g/mol. The predicted octanol–water partition coefficient (Wildman–Crippen LogP) is 3.35. The highest BCUT2D eigenvalue weighted by Crippen LogP contribution is 2.44. The fraction of sp³-hybridized carbons (Fsp3) is 0.500. The number of aliphatic hydroxyl groups excluding tert-OH is 1. The van der Waals surface area contributed by atoms with Crippen molar-refractivity contribution in [3.05, 3.63) is 27.7 Å². The highest BCUT2D eigenvalue weighted by molar-refractivity contribution is 9.10. The van der Waals surface area contributed by atoms with Crippen molar-refractivity contribution in [3.63, 3.8) is 0 Å². The van der Waals surface area contributed by atoms with Crippen molar-refractivity contribution in [2.75, 3.05) is 0 Å². The van der Waals surface area contributed by atoms with E-state index in [0.717, 1.165) is 34.2 Å². The quantitative estimate of drug-likeness (QED) is 0.893.